The molecule has 2 atom stereocenters. The van der Waals surface area contributed by atoms with Crippen LogP contribution in [0.1, 0.15) is 12.8 Å². The van der Waals surface area contributed by atoms with E-state index in [2.05, 4.69) is 5.32 Å². The summed E-state index contributed by atoms with van der Waals surface area (Å²) < 4.78 is 36.5. The number of hydrogen-bond donors (Lipinski definition) is 2. The quantitative estimate of drug-likeness (QED) is 0.720. The van der Waals surface area contributed by atoms with Gasteiger partial charge in [-0.25, -0.2) is 0 Å². The Hall–Kier alpha value is -0.490. The van der Waals surface area contributed by atoms with Crippen molar-refractivity contribution < 1.29 is 23.1 Å². The lowest BCUT2D eigenvalue weighted by Crippen LogP contribution is -2.46. The fourth-order valence-electron chi connectivity index (χ4n) is 1.40. The van der Waals surface area contributed by atoms with Gasteiger partial charge < -0.3 is 10.4 Å². The number of carboxylic acids is 1. The first-order chi connectivity index (χ1) is 5.91. The van der Waals surface area contributed by atoms with E-state index in [0.717, 1.165) is 0 Å². The van der Waals surface area contributed by atoms with Crippen LogP contribution in [-0.2, 0) is 4.79 Å². The molecule has 0 aromatic carbocycles. The maximum atomic E-state index is 12.2. The Morgan fingerprint density at radius 1 is 1.43 bits per heavy atom. The normalized spacial score (nSPS) is 27.9. The molecule has 0 aromatic rings. The molecule has 1 aliphatic rings. The van der Waals surface area contributed by atoms with Crippen molar-refractivity contribution >= 4 is 18.4 Å². The number of rotatable bonds is 1. The maximum absolute atomic E-state index is 12.2. The molecule has 1 rings (SSSR count). The highest BCUT2D eigenvalue weighted by Gasteiger charge is 2.43. The van der Waals surface area contributed by atoms with Crippen LogP contribution in [0.15, 0.2) is 0 Å². The summed E-state index contributed by atoms with van der Waals surface area (Å²) in [5, 5.41) is 11.0. The topological polar surface area (TPSA) is 49.3 Å². The summed E-state index contributed by atoms with van der Waals surface area (Å²) in [4.78, 5) is 10.4. The molecule has 3 nitrogen and oxygen atoms in total. The van der Waals surface area contributed by atoms with Crippen LogP contribution >= 0.6 is 12.4 Å². The van der Waals surface area contributed by atoms with E-state index >= 15 is 0 Å². The smallest absolute Gasteiger partial charge is 0.391 e. The van der Waals surface area contributed by atoms with Gasteiger partial charge >= 0.3 is 12.1 Å². The number of alkyl halides is 3. The van der Waals surface area contributed by atoms with Crippen molar-refractivity contribution in [2.45, 2.75) is 25.1 Å². The first kappa shape index (κ1) is 13.5. The molecule has 0 spiro atoms. The zero-order chi connectivity index (χ0) is 10.1. The monoisotopic (exact) mass is 233 g/mol. The molecule has 1 fully saturated rings. The van der Waals surface area contributed by atoms with Crippen LogP contribution < -0.4 is 5.32 Å². The summed E-state index contributed by atoms with van der Waals surface area (Å²) in [6.07, 6.45) is -4.66. The standard InChI is InChI=1S/C7H10F3NO2.ClH/c8-7(9,10)4-1-2-11-5(3-4)6(12)13;/h4-5,11H,1-3H2,(H,12,13);1H. The van der Waals surface area contributed by atoms with E-state index in [1.807, 2.05) is 0 Å². The van der Waals surface area contributed by atoms with Crippen molar-refractivity contribution in [3.63, 3.8) is 0 Å². The van der Waals surface area contributed by atoms with Crippen LogP contribution in [0, 0.1) is 5.92 Å². The second-order valence-corrected chi connectivity index (χ2v) is 3.11. The van der Waals surface area contributed by atoms with Crippen molar-refractivity contribution in [3.8, 4) is 0 Å². The summed E-state index contributed by atoms with van der Waals surface area (Å²) in [5.41, 5.74) is 0. The lowest BCUT2D eigenvalue weighted by atomic mass is 9.92. The third-order valence-electron chi connectivity index (χ3n) is 2.16. The van der Waals surface area contributed by atoms with Crippen molar-refractivity contribution in [3.05, 3.63) is 0 Å². The minimum Gasteiger partial charge on any atom is -0.480 e. The Balaban J connectivity index is 0.00000169. The fraction of sp³-hybridized carbons (Fsp3) is 0.857. The van der Waals surface area contributed by atoms with Gasteiger partial charge in [0.1, 0.15) is 6.04 Å². The SMILES string of the molecule is Cl.O=C(O)C1CC(C(F)(F)F)CCN1. The van der Waals surface area contributed by atoms with Gasteiger partial charge in [-0.2, -0.15) is 13.2 Å². The van der Waals surface area contributed by atoms with Gasteiger partial charge in [0.25, 0.3) is 0 Å². The summed E-state index contributed by atoms with van der Waals surface area (Å²) in [7, 11) is 0. The first-order valence-electron chi connectivity index (χ1n) is 3.94. The highest BCUT2D eigenvalue weighted by molar-refractivity contribution is 5.85. The van der Waals surface area contributed by atoms with Crippen LogP contribution in [0.5, 0.6) is 0 Å². The number of carbonyl (C=O) groups is 1. The molecule has 0 aliphatic carbocycles. The second kappa shape index (κ2) is 4.84. The molecule has 0 aromatic heterocycles. The molecule has 0 saturated carbocycles. The maximum Gasteiger partial charge on any atom is 0.391 e. The van der Waals surface area contributed by atoms with Gasteiger partial charge in [-0.1, -0.05) is 0 Å². The Morgan fingerprint density at radius 2 is 2.00 bits per heavy atom. The van der Waals surface area contributed by atoms with E-state index in [1.165, 1.54) is 0 Å². The lowest BCUT2D eigenvalue weighted by molar-refractivity contribution is -0.184. The largest absolute Gasteiger partial charge is 0.480 e. The molecular formula is C7H11ClF3NO2. The van der Waals surface area contributed by atoms with Crippen molar-refractivity contribution in [1.82, 2.24) is 5.32 Å². The van der Waals surface area contributed by atoms with Crippen LogP contribution in [0.3, 0.4) is 0 Å². The van der Waals surface area contributed by atoms with E-state index in [9.17, 15) is 18.0 Å². The molecule has 2 unspecified atom stereocenters. The van der Waals surface area contributed by atoms with Gasteiger partial charge in [0.15, 0.2) is 0 Å². The van der Waals surface area contributed by atoms with Crippen LogP contribution in [0.4, 0.5) is 13.2 Å². The zero-order valence-electron chi connectivity index (χ0n) is 7.17. The lowest BCUT2D eigenvalue weighted by Gasteiger charge is -2.29. The zero-order valence-corrected chi connectivity index (χ0v) is 7.99. The number of hydrogen-bond acceptors (Lipinski definition) is 2. The second-order valence-electron chi connectivity index (χ2n) is 3.11. The number of piperidine rings is 1. The average molecular weight is 234 g/mol. The molecule has 1 saturated heterocycles. The molecule has 0 radical (unpaired) electrons. The number of halogens is 4. The van der Waals surface area contributed by atoms with Crippen LogP contribution in [0.25, 0.3) is 0 Å². The molecule has 2 N–H and O–H groups in total. The van der Waals surface area contributed by atoms with Crippen molar-refractivity contribution in [1.29, 1.82) is 0 Å². The molecule has 0 amide bonds. The minimum atomic E-state index is -4.27. The van der Waals surface area contributed by atoms with Crippen molar-refractivity contribution in [2.75, 3.05) is 6.54 Å². The average Bonchev–Trinajstić information content (AvgIpc) is 2.03. The van der Waals surface area contributed by atoms with Gasteiger partial charge in [-0.05, 0) is 19.4 Å². The highest BCUT2D eigenvalue weighted by Crippen LogP contribution is 2.33. The molecule has 0 bridgehead atoms. The van der Waals surface area contributed by atoms with Gasteiger partial charge in [0, 0.05) is 0 Å². The van der Waals surface area contributed by atoms with Gasteiger partial charge in [-0.15, -0.1) is 12.4 Å². The molecular weight excluding hydrogens is 223 g/mol. The van der Waals surface area contributed by atoms with E-state index in [-0.39, 0.29) is 31.8 Å². The number of nitrogens with one attached hydrogen (secondary N) is 1. The van der Waals surface area contributed by atoms with Crippen LogP contribution in [-0.4, -0.2) is 29.8 Å². The Labute approximate surface area is 85.1 Å². The molecule has 14 heavy (non-hydrogen) atoms. The van der Waals surface area contributed by atoms with Crippen molar-refractivity contribution in [2.24, 2.45) is 5.92 Å². The molecule has 1 heterocycles. The van der Waals surface area contributed by atoms with Crippen LogP contribution in [0.2, 0.25) is 0 Å². The summed E-state index contributed by atoms with van der Waals surface area (Å²) in [6, 6.07) is -1.06. The highest BCUT2D eigenvalue weighted by atomic mass is 35.5. The van der Waals surface area contributed by atoms with E-state index in [4.69, 9.17) is 5.11 Å². The summed E-state index contributed by atoms with van der Waals surface area (Å²) >= 11 is 0. The summed E-state index contributed by atoms with van der Waals surface area (Å²) in [6.45, 7) is 0.112. The predicted octanol–water partition coefficient (Wildman–Crippen LogP) is 1.42. The Morgan fingerprint density at radius 3 is 2.43 bits per heavy atom. The van der Waals surface area contributed by atoms with Gasteiger partial charge in [-0.3, -0.25) is 4.79 Å². The summed E-state index contributed by atoms with van der Waals surface area (Å²) in [5.74, 6) is -2.69. The third kappa shape index (κ3) is 3.34. The Bertz CT molecular complexity index is 210. The minimum absolute atomic E-state index is 0. The fourth-order valence-corrected chi connectivity index (χ4v) is 1.40. The molecule has 84 valence electrons. The van der Waals surface area contributed by atoms with Gasteiger partial charge in [0.05, 0.1) is 5.92 Å². The Kier molecular flexibility index (Phi) is 4.67. The van der Waals surface area contributed by atoms with E-state index < -0.39 is 24.1 Å². The molecule has 7 heteroatoms. The predicted molar refractivity (Wildman–Crippen MR) is 45.5 cm³/mol. The van der Waals surface area contributed by atoms with E-state index in [0.29, 0.717) is 0 Å². The third-order valence-corrected chi connectivity index (χ3v) is 2.16. The number of carboxylic acid groups (broad SMARTS) is 1. The first-order valence-corrected chi connectivity index (χ1v) is 3.94. The van der Waals surface area contributed by atoms with E-state index in [1.54, 1.807) is 0 Å². The number of aliphatic carboxylic acids is 1. The van der Waals surface area contributed by atoms with Gasteiger partial charge in [0.2, 0.25) is 0 Å². The molecule has 1 aliphatic heterocycles.